The zero-order chi connectivity index (χ0) is 29.4. The van der Waals surface area contributed by atoms with Gasteiger partial charge < -0.3 is 16.0 Å². The number of rotatable bonds is 10. The molecular weight excluding hydrogens is 581 g/mol. The fourth-order valence-electron chi connectivity index (χ4n) is 3.51. The molecule has 1 heterocycles. The zero-order valence-electron chi connectivity index (χ0n) is 21.7. The molecule has 3 amide bonds. The third-order valence-corrected chi connectivity index (χ3v) is 8.37. The van der Waals surface area contributed by atoms with Gasteiger partial charge in [0.25, 0.3) is 11.8 Å². The van der Waals surface area contributed by atoms with E-state index in [2.05, 4.69) is 16.0 Å². The molecule has 0 aliphatic rings. The molecule has 0 fully saturated rings. The molecule has 210 valence electrons. The highest BCUT2D eigenvalue weighted by Crippen LogP contribution is 2.26. The Morgan fingerprint density at radius 1 is 0.878 bits per heavy atom. The summed E-state index contributed by atoms with van der Waals surface area (Å²) in [6.07, 6.45) is 1.61. The molecule has 0 radical (unpaired) electrons. The van der Waals surface area contributed by atoms with Gasteiger partial charge in [0, 0.05) is 21.8 Å². The van der Waals surface area contributed by atoms with Gasteiger partial charge in [0.2, 0.25) is 15.9 Å². The van der Waals surface area contributed by atoms with E-state index < -0.39 is 27.1 Å². The van der Waals surface area contributed by atoms with Crippen LogP contribution in [0.5, 0.6) is 0 Å². The van der Waals surface area contributed by atoms with E-state index in [1.807, 2.05) is 16.8 Å². The van der Waals surface area contributed by atoms with Gasteiger partial charge in [-0.15, -0.1) is 11.8 Å². The first-order valence-electron chi connectivity index (χ1n) is 12.2. The highest BCUT2D eigenvalue weighted by molar-refractivity contribution is 8.00. The average molecular weight is 607 g/mol. The number of benzene rings is 3. The number of hydrogen-bond donors (Lipinski definition) is 4. The second-order valence-electron chi connectivity index (χ2n) is 8.73. The molecule has 3 aromatic carbocycles. The van der Waals surface area contributed by atoms with Crippen molar-refractivity contribution in [3.8, 4) is 0 Å². The van der Waals surface area contributed by atoms with E-state index in [1.165, 1.54) is 47.4 Å². The molecule has 4 rings (SSSR count). The summed E-state index contributed by atoms with van der Waals surface area (Å²) in [7, 11) is -3.81. The Bertz CT molecular complexity index is 1650. The van der Waals surface area contributed by atoms with Gasteiger partial charge in [-0.2, -0.15) is 11.3 Å². The number of carbonyl (C=O) groups excluding carboxylic acids is 3. The molecule has 0 saturated heterocycles. The highest BCUT2D eigenvalue weighted by Gasteiger charge is 2.17. The van der Waals surface area contributed by atoms with Crippen LogP contribution in [0, 0.1) is 0 Å². The second-order valence-corrected chi connectivity index (χ2v) is 12.5. The third kappa shape index (κ3) is 8.63. The summed E-state index contributed by atoms with van der Waals surface area (Å²) in [6.45, 7) is 1.74. The monoisotopic (exact) mass is 606 g/mol. The summed E-state index contributed by atoms with van der Waals surface area (Å²) in [6, 6.07) is 23.0. The van der Waals surface area contributed by atoms with E-state index >= 15 is 0 Å². The summed E-state index contributed by atoms with van der Waals surface area (Å²) in [5.41, 5.74) is 2.26. The van der Waals surface area contributed by atoms with Gasteiger partial charge in [-0.3, -0.25) is 14.4 Å². The predicted molar refractivity (Wildman–Crippen MR) is 163 cm³/mol. The molecule has 0 bridgehead atoms. The largest absolute Gasteiger partial charge is 0.325 e. The minimum Gasteiger partial charge on any atom is -0.325 e. The van der Waals surface area contributed by atoms with Crippen LogP contribution in [-0.2, 0) is 19.6 Å². The average Bonchev–Trinajstić information content (AvgIpc) is 3.47. The van der Waals surface area contributed by atoms with E-state index in [1.54, 1.807) is 67.6 Å². The molecule has 12 heteroatoms. The van der Waals surface area contributed by atoms with Crippen LogP contribution in [0.15, 0.2) is 111 Å². The number of sulfonamides is 1. The first kappa shape index (κ1) is 29.7. The molecule has 1 atom stereocenters. The van der Waals surface area contributed by atoms with Crippen LogP contribution in [0.25, 0.3) is 6.08 Å². The SMILES string of the molecule is CC(Sc1ccc(NC(=O)/C(=C/c2ccsc2)NC(=O)c2ccccc2)cc1)C(=O)Nc1ccc(S(N)(=O)=O)cc1. The van der Waals surface area contributed by atoms with Crippen molar-refractivity contribution in [2.75, 3.05) is 10.6 Å². The van der Waals surface area contributed by atoms with Crippen molar-refractivity contribution in [1.29, 1.82) is 0 Å². The molecule has 0 aliphatic carbocycles. The van der Waals surface area contributed by atoms with Gasteiger partial charge >= 0.3 is 0 Å². The summed E-state index contributed by atoms with van der Waals surface area (Å²) in [5, 5.41) is 16.6. The lowest BCUT2D eigenvalue weighted by Gasteiger charge is -2.13. The van der Waals surface area contributed by atoms with Crippen molar-refractivity contribution < 1.29 is 22.8 Å². The Balaban J connectivity index is 1.37. The summed E-state index contributed by atoms with van der Waals surface area (Å²) < 4.78 is 22.8. The van der Waals surface area contributed by atoms with E-state index in [-0.39, 0.29) is 16.5 Å². The van der Waals surface area contributed by atoms with Crippen molar-refractivity contribution >= 4 is 68.3 Å². The molecule has 5 N–H and O–H groups in total. The molecule has 1 unspecified atom stereocenters. The fraction of sp³-hybridized carbons (Fsp3) is 0.0690. The van der Waals surface area contributed by atoms with Gasteiger partial charge in [0.15, 0.2) is 0 Å². The highest BCUT2D eigenvalue weighted by atomic mass is 32.2. The second kappa shape index (κ2) is 13.4. The number of thiophene rings is 1. The Morgan fingerprint density at radius 2 is 1.51 bits per heavy atom. The molecule has 9 nitrogen and oxygen atoms in total. The van der Waals surface area contributed by atoms with Gasteiger partial charge in [0.05, 0.1) is 10.1 Å². The predicted octanol–water partition coefficient (Wildman–Crippen LogP) is 4.92. The van der Waals surface area contributed by atoms with E-state index in [0.29, 0.717) is 16.9 Å². The molecule has 41 heavy (non-hydrogen) atoms. The minimum absolute atomic E-state index is 0.0437. The van der Waals surface area contributed by atoms with Crippen LogP contribution in [-0.4, -0.2) is 31.4 Å². The normalized spacial score (nSPS) is 12.3. The summed E-state index contributed by atoms with van der Waals surface area (Å²) in [4.78, 5) is 39.2. The van der Waals surface area contributed by atoms with E-state index in [0.717, 1.165) is 10.5 Å². The molecule has 4 aromatic rings. The molecule has 0 saturated carbocycles. The number of thioether (sulfide) groups is 1. The van der Waals surface area contributed by atoms with Crippen molar-refractivity contribution in [1.82, 2.24) is 5.32 Å². The Kier molecular flexibility index (Phi) is 9.73. The number of anilines is 2. The summed E-state index contributed by atoms with van der Waals surface area (Å²) >= 11 is 2.79. The maximum Gasteiger partial charge on any atom is 0.272 e. The lowest BCUT2D eigenvalue weighted by molar-refractivity contribution is -0.115. The first-order chi connectivity index (χ1) is 19.6. The van der Waals surface area contributed by atoms with E-state index in [9.17, 15) is 22.8 Å². The minimum atomic E-state index is -3.81. The topological polar surface area (TPSA) is 147 Å². The van der Waals surface area contributed by atoms with Gasteiger partial charge in [-0.25, -0.2) is 13.6 Å². The number of amides is 3. The fourth-order valence-corrected chi connectivity index (χ4v) is 5.51. The van der Waals surface area contributed by atoms with Gasteiger partial charge in [0.1, 0.15) is 5.70 Å². The van der Waals surface area contributed by atoms with Crippen LogP contribution < -0.4 is 21.1 Å². The lowest BCUT2D eigenvalue weighted by Crippen LogP contribution is -2.30. The zero-order valence-corrected chi connectivity index (χ0v) is 24.2. The third-order valence-electron chi connectivity index (χ3n) is 5.63. The quantitative estimate of drug-likeness (QED) is 0.149. The maximum atomic E-state index is 13.1. The molecular formula is C29H26N4O5S3. The number of primary sulfonamides is 1. The summed E-state index contributed by atoms with van der Waals surface area (Å²) in [5.74, 6) is -1.16. The Hall–Kier alpha value is -4.23. The molecule has 0 spiro atoms. The number of hydrogen-bond acceptors (Lipinski definition) is 7. The van der Waals surface area contributed by atoms with Crippen molar-refractivity contribution in [2.24, 2.45) is 5.14 Å². The molecule has 1 aromatic heterocycles. The van der Waals surface area contributed by atoms with Crippen molar-refractivity contribution in [3.05, 3.63) is 113 Å². The van der Waals surface area contributed by atoms with Gasteiger partial charge in [-0.1, -0.05) is 18.2 Å². The van der Waals surface area contributed by atoms with Crippen LogP contribution in [0.4, 0.5) is 11.4 Å². The van der Waals surface area contributed by atoms with Crippen LogP contribution >= 0.6 is 23.1 Å². The van der Waals surface area contributed by atoms with Gasteiger partial charge in [-0.05, 0) is 96.1 Å². The smallest absolute Gasteiger partial charge is 0.272 e. The Morgan fingerprint density at radius 3 is 2.12 bits per heavy atom. The number of nitrogens with two attached hydrogens (primary N) is 1. The molecule has 0 aliphatic heterocycles. The number of carbonyl (C=O) groups is 3. The lowest BCUT2D eigenvalue weighted by atomic mass is 10.2. The van der Waals surface area contributed by atoms with Crippen molar-refractivity contribution in [3.63, 3.8) is 0 Å². The maximum absolute atomic E-state index is 13.1. The van der Waals surface area contributed by atoms with E-state index in [4.69, 9.17) is 5.14 Å². The van der Waals surface area contributed by atoms with Crippen LogP contribution in [0.1, 0.15) is 22.8 Å². The van der Waals surface area contributed by atoms with Crippen LogP contribution in [0.2, 0.25) is 0 Å². The standard InChI is InChI=1S/C29H26N4O5S3/c1-19(27(34)31-23-9-13-25(14-10-23)41(30,37)38)40-24-11-7-22(8-12-24)32-29(36)26(17-20-15-16-39-18-20)33-28(35)21-5-3-2-4-6-21/h2-19H,1H3,(H,31,34)(H,32,36)(H,33,35)(H2,30,37,38)/b26-17-. The van der Waals surface area contributed by atoms with Crippen molar-refractivity contribution in [2.45, 2.75) is 22.0 Å². The van der Waals surface area contributed by atoms with Crippen LogP contribution in [0.3, 0.4) is 0 Å². The first-order valence-corrected chi connectivity index (χ1v) is 15.6. The number of nitrogens with one attached hydrogen (secondary N) is 3. The Labute approximate surface area is 245 Å².